The summed E-state index contributed by atoms with van der Waals surface area (Å²) >= 11 is 0. The molecule has 4 nitrogen and oxygen atoms in total. The molecule has 0 spiro atoms. The van der Waals surface area contributed by atoms with Gasteiger partial charge in [-0.3, -0.25) is 21.7 Å². The van der Waals surface area contributed by atoms with E-state index in [0.29, 0.717) is 24.2 Å². The van der Waals surface area contributed by atoms with Gasteiger partial charge in [-0.2, -0.15) is 12.2 Å². The molecule has 0 atom stereocenters. The second-order valence-electron chi connectivity index (χ2n) is 13.4. The minimum absolute atomic E-state index is 0. The summed E-state index contributed by atoms with van der Waals surface area (Å²) in [5.74, 6) is -3.64. The molecule has 0 bridgehead atoms. The van der Waals surface area contributed by atoms with E-state index in [1.54, 1.807) is 24.3 Å². The van der Waals surface area contributed by atoms with Gasteiger partial charge in [0.25, 0.3) is 0 Å². The average molecular weight is 783 g/mol. The van der Waals surface area contributed by atoms with Crippen LogP contribution in [0.5, 0.6) is 0 Å². The van der Waals surface area contributed by atoms with Crippen LogP contribution in [0.15, 0.2) is 109 Å². The fraction of sp³-hybridized carbons (Fsp3) is 0.261. The van der Waals surface area contributed by atoms with Gasteiger partial charge in [0.05, 0.1) is 0 Å². The van der Waals surface area contributed by atoms with Gasteiger partial charge >= 0.3 is 21.7 Å². The predicted octanol–water partition coefficient (Wildman–Crippen LogP) is 11.4. The number of hydrogen-bond acceptors (Lipinski definition) is 2. The van der Waals surface area contributed by atoms with Gasteiger partial charge in [0.15, 0.2) is 0 Å². The molecule has 0 aromatic heterocycles. The molecule has 0 saturated heterocycles. The first-order valence-corrected chi connectivity index (χ1v) is 17.7. The number of amides is 2. The van der Waals surface area contributed by atoms with Gasteiger partial charge in [-0.05, 0) is 61.3 Å². The number of rotatable bonds is 8. The van der Waals surface area contributed by atoms with Crippen molar-refractivity contribution in [2.24, 2.45) is 11.8 Å². The van der Waals surface area contributed by atoms with Crippen LogP contribution >= 0.6 is 0 Å². The van der Waals surface area contributed by atoms with Crippen LogP contribution in [0.4, 0.5) is 28.9 Å². The molecule has 0 saturated carbocycles. The Labute approximate surface area is 338 Å². The zero-order chi connectivity index (χ0) is 39.6. The smallest absolute Gasteiger partial charge is 0.359 e. The molecule has 0 aliphatic heterocycles. The van der Waals surface area contributed by atoms with Crippen molar-refractivity contribution >= 4 is 23.2 Å². The van der Waals surface area contributed by atoms with Crippen LogP contribution in [0.1, 0.15) is 72.4 Å². The van der Waals surface area contributed by atoms with Crippen LogP contribution in [-0.2, 0) is 21.7 Å². The van der Waals surface area contributed by atoms with Crippen molar-refractivity contribution < 1.29 is 48.9 Å². The Morgan fingerprint density at radius 1 is 0.582 bits per heavy atom. The number of benzene rings is 4. The molecule has 0 fully saturated rings. The van der Waals surface area contributed by atoms with Gasteiger partial charge < -0.3 is 9.80 Å². The average Bonchev–Trinajstić information content (AvgIpc) is 3.91. The second kappa shape index (κ2) is 23.9. The molecule has 2 aliphatic rings. The van der Waals surface area contributed by atoms with Crippen molar-refractivity contribution in [3.8, 4) is 0 Å². The number of carbonyl (C=O) groups is 2. The molecule has 0 heterocycles. The summed E-state index contributed by atoms with van der Waals surface area (Å²) in [5, 5.41) is 0. The summed E-state index contributed by atoms with van der Waals surface area (Å²) in [7, 11) is 0. The summed E-state index contributed by atoms with van der Waals surface area (Å²) in [6.45, 7) is 12.2. The van der Waals surface area contributed by atoms with Crippen LogP contribution in [0, 0.1) is 73.2 Å². The minimum Gasteiger partial charge on any atom is -0.359 e. The van der Waals surface area contributed by atoms with Gasteiger partial charge in [-0.1, -0.05) is 63.1 Å². The Bertz CT molecular complexity index is 1770. The Kier molecular flexibility index (Phi) is 20.1. The van der Waals surface area contributed by atoms with E-state index in [1.807, 2.05) is 102 Å². The molecule has 0 unspecified atom stereocenters. The number of nitrogens with zero attached hydrogens (tertiary/aromatic N) is 2. The standard InChI is InChI=1S/2C18H18F2NO.2C5H5.Ti/c2*1-12(2)11-21(17-9-8-15(19)10-16(17)20)18(22)14-6-4-13(3)5-7-14;2*1-2-4-5-3-1;/h2*4-9,12H,11H2,1-3H3;2*1-3H,4H2;/q4*-1;+4. The molecular formula is C46H46F4N2O2Ti. The van der Waals surface area contributed by atoms with E-state index in [9.17, 15) is 27.2 Å². The summed E-state index contributed by atoms with van der Waals surface area (Å²) in [6, 6.07) is 22.8. The molecule has 2 aliphatic carbocycles. The van der Waals surface area contributed by atoms with Crippen LogP contribution in [0.2, 0.25) is 0 Å². The van der Waals surface area contributed by atoms with Crippen LogP contribution in [-0.4, -0.2) is 24.9 Å². The maximum absolute atomic E-state index is 14.0. The van der Waals surface area contributed by atoms with Crippen molar-refractivity contribution in [1.29, 1.82) is 0 Å². The zero-order valence-corrected chi connectivity index (χ0v) is 33.7. The fourth-order valence-electron chi connectivity index (χ4n) is 4.98. The van der Waals surface area contributed by atoms with Gasteiger partial charge in [-0.25, -0.2) is 41.9 Å². The predicted molar refractivity (Wildman–Crippen MR) is 209 cm³/mol. The molecule has 2 amide bonds. The fourth-order valence-corrected chi connectivity index (χ4v) is 4.98. The molecule has 4 aromatic rings. The summed E-state index contributed by atoms with van der Waals surface area (Å²) in [5.41, 5.74) is 3.09. The third-order valence-electron chi connectivity index (χ3n) is 7.62. The van der Waals surface area contributed by atoms with E-state index in [2.05, 4.69) is 24.3 Å². The minimum atomic E-state index is -0.860. The summed E-state index contributed by atoms with van der Waals surface area (Å²) < 4.78 is 54.1. The van der Waals surface area contributed by atoms with Gasteiger partial charge in [0.2, 0.25) is 11.8 Å². The van der Waals surface area contributed by atoms with Crippen molar-refractivity contribution in [2.45, 2.75) is 54.4 Å². The molecule has 55 heavy (non-hydrogen) atoms. The Balaban J connectivity index is 0.000000298. The maximum Gasteiger partial charge on any atom is 4.00 e. The third-order valence-corrected chi connectivity index (χ3v) is 7.62. The normalized spacial score (nSPS) is 11.9. The van der Waals surface area contributed by atoms with E-state index in [1.165, 1.54) is 21.9 Å². The molecule has 9 heteroatoms. The topological polar surface area (TPSA) is 40.6 Å². The third kappa shape index (κ3) is 15.8. The Morgan fingerprint density at radius 3 is 1.16 bits per heavy atom. The first-order valence-electron chi connectivity index (χ1n) is 17.7. The van der Waals surface area contributed by atoms with Crippen LogP contribution < -0.4 is 9.80 Å². The number of aryl methyl sites for hydroxylation is 2. The number of hydrogen-bond donors (Lipinski definition) is 0. The van der Waals surface area contributed by atoms with Gasteiger partial charge in [0.1, 0.15) is 0 Å². The molecule has 0 radical (unpaired) electrons. The van der Waals surface area contributed by atoms with E-state index >= 15 is 0 Å². The van der Waals surface area contributed by atoms with Crippen molar-refractivity contribution in [1.82, 2.24) is 0 Å². The maximum atomic E-state index is 14.0. The zero-order valence-electron chi connectivity index (χ0n) is 32.1. The Morgan fingerprint density at radius 2 is 0.927 bits per heavy atom. The number of carbonyl (C=O) groups excluding carboxylic acids is 2. The number of anilines is 2. The van der Waals surface area contributed by atoms with Crippen molar-refractivity contribution in [3.63, 3.8) is 0 Å². The summed E-state index contributed by atoms with van der Waals surface area (Å²) in [6.07, 6.45) is 20.0. The van der Waals surface area contributed by atoms with Gasteiger partial charge in [0, 0.05) is 47.5 Å². The van der Waals surface area contributed by atoms with E-state index in [4.69, 9.17) is 0 Å². The quantitative estimate of drug-likeness (QED) is 0.101. The van der Waals surface area contributed by atoms with Crippen molar-refractivity contribution in [2.75, 3.05) is 22.9 Å². The molecule has 4 aromatic carbocycles. The summed E-state index contributed by atoms with van der Waals surface area (Å²) in [4.78, 5) is 28.0. The molecular weight excluding hydrogens is 736 g/mol. The van der Waals surface area contributed by atoms with Crippen LogP contribution in [0.3, 0.4) is 0 Å². The first-order chi connectivity index (χ1) is 25.8. The van der Waals surface area contributed by atoms with Crippen LogP contribution in [0.25, 0.3) is 0 Å². The Hall–Kier alpha value is -4.79. The number of halogens is 4. The largest absolute Gasteiger partial charge is 4.00 e. The first kappa shape index (κ1) is 46.4. The second-order valence-corrected chi connectivity index (χ2v) is 13.4. The monoisotopic (exact) mass is 782 g/mol. The van der Waals surface area contributed by atoms with Crippen molar-refractivity contribution in [3.05, 3.63) is 179 Å². The molecule has 0 N–H and O–H groups in total. The SMILES string of the molecule is Cc1ccc(C(=O)N(CC(C)C)c2ccc(F)[c-]c2F)cc1.Cc1ccc(C(=O)N(CC(C)C)c2ccc(F)[c-]c2F)cc1.[C-]1=CC=CC1.[C-]1=CC=CC1.[Ti+4]. The van der Waals surface area contributed by atoms with E-state index < -0.39 is 23.3 Å². The number of allylic oxidation sites excluding steroid dienone is 8. The van der Waals surface area contributed by atoms with E-state index in [0.717, 1.165) is 36.1 Å². The van der Waals surface area contributed by atoms with Gasteiger partial charge in [-0.15, -0.1) is 49.2 Å². The molecule has 6 rings (SSSR count). The van der Waals surface area contributed by atoms with E-state index in [-0.39, 0.29) is 56.7 Å². The molecule has 284 valence electrons.